The maximum atomic E-state index is 14.3. The third kappa shape index (κ3) is 3.70. The molecule has 3 saturated heterocycles. The Hall–Kier alpha value is -2.19. The third-order valence-corrected chi connectivity index (χ3v) is 8.05. The van der Waals surface area contributed by atoms with E-state index in [-0.39, 0.29) is 30.9 Å². The summed E-state index contributed by atoms with van der Waals surface area (Å²) < 4.78 is 12.1. The van der Waals surface area contributed by atoms with E-state index in [2.05, 4.69) is 13.2 Å². The Kier molecular flexibility index (Phi) is 7.08. The van der Waals surface area contributed by atoms with Gasteiger partial charge >= 0.3 is 5.97 Å². The van der Waals surface area contributed by atoms with E-state index in [1.165, 1.54) is 11.0 Å². The molecular weight excluding hydrogens is 436 g/mol. The second-order valence-electron chi connectivity index (χ2n) is 11.0. The smallest absolute Gasteiger partial charge is 0.313 e. The van der Waals surface area contributed by atoms with E-state index in [9.17, 15) is 19.5 Å². The highest BCUT2D eigenvalue weighted by molar-refractivity contribution is 5.99. The van der Waals surface area contributed by atoms with Crippen LogP contribution in [0.1, 0.15) is 54.4 Å². The van der Waals surface area contributed by atoms with Crippen LogP contribution in [0.4, 0.5) is 0 Å². The fourth-order valence-corrected chi connectivity index (χ4v) is 6.32. The van der Waals surface area contributed by atoms with Gasteiger partial charge in [0.05, 0.1) is 24.2 Å². The first-order valence-electron chi connectivity index (χ1n) is 12.2. The van der Waals surface area contributed by atoms with Crippen LogP contribution in [0.2, 0.25) is 0 Å². The number of hydrogen-bond acceptors (Lipinski definition) is 6. The topological polar surface area (TPSA) is 96.4 Å². The van der Waals surface area contributed by atoms with Crippen LogP contribution in [-0.2, 0) is 23.9 Å². The van der Waals surface area contributed by atoms with Gasteiger partial charge < -0.3 is 24.4 Å². The van der Waals surface area contributed by atoms with E-state index in [0.29, 0.717) is 19.4 Å². The van der Waals surface area contributed by atoms with Crippen LogP contribution in [0.15, 0.2) is 25.3 Å². The van der Waals surface area contributed by atoms with Gasteiger partial charge in [0.1, 0.15) is 24.2 Å². The predicted molar refractivity (Wildman–Crippen MR) is 128 cm³/mol. The van der Waals surface area contributed by atoms with Crippen molar-refractivity contribution in [1.29, 1.82) is 0 Å². The number of aliphatic hydroxyl groups is 1. The molecule has 3 aliphatic heterocycles. The molecule has 7 atom stereocenters. The molecule has 0 radical (unpaired) electrons. The molecule has 3 aliphatic rings. The van der Waals surface area contributed by atoms with Gasteiger partial charge in [-0.25, -0.2) is 0 Å². The third-order valence-electron chi connectivity index (χ3n) is 8.05. The summed E-state index contributed by atoms with van der Waals surface area (Å²) in [6.07, 6.45) is 4.07. The lowest BCUT2D eigenvalue weighted by atomic mass is 9.62. The van der Waals surface area contributed by atoms with Gasteiger partial charge in [0.25, 0.3) is 0 Å². The summed E-state index contributed by atoms with van der Waals surface area (Å²) in [5.74, 6) is -2.88. The van der Waals surface area contributed by atoms with Crippen LogP contribution in [0.25, 0.3) is 0 Å². The SMILES string of the molecule is C=CCOC(=O)[C@@H]1[C@H]2C(=O)N([C@@H](CC)CO)C(C(=O)N(CC=C)C(C)(C)C)C23CC(C)[C@@]1(C)O3. The lowest BCUT2D eigenvalue weighted by Crippen LogP contribution is -2.61. The number of carbonyl (C=O) groups excluding carboxylic acids is 3. The quantitative estimate of drug-likeness (QED) is 0.405. The second kappa shape index (κ2) is 9.11. The van der Waals surface area contributed by atoms with Gasteiger partial charge in [-0.1, -0.05) is 32.6 Å². The number of hydrogen-bond donors (Lipinski definition) is 1. The molecule has 0 saturated carbocycles. The predicted octanol–water partition coefficient (Wildman–Crippen LogP) is 2.31. The highest BCUT2D eigenvalue weighted by atomic mass is 16.6. The van der Waals surface area contributed by atoms with Crippen molar-refractivity contribution in [3.63, 3.8) is 0 Å². The van der Waals surface area contributed by atoms with Gasteiger partial charge in [-0.15, -0.1) is 6.58 Å². The molecule has 3 heterocycles. The number of ether oxygens (including phenoxy) is 2. The zero-order chi connectivity index (χ0) is 25.6. The van der Waals surface area contributed by atoms with Gasteiger partial charge in [0.2, 0.25) is 11.8 Å². The van der Waals surface area contributed by atoms with E-state index in [4.69, 9.17) is 9.47 Å². The van der Waals surface area contributed by atoms with Crippen molar-refractivity contribution in [2.24, 2.45) is 17.8 Å². The van der Waals surface area contributed by atoms with Gasteiger partial charge in [0, 0.05) is 12.1 Å². The van der Waals surface area contributed by atoms with Gasteiger partial charge in [-0.3, -0.25) is 14.4 Å². The van der Waals surface area contributed by atoms with Crippen LogP contribution >= 0.6 is 0 Å². The molecule has 3 rings (SSSR count). The first kappa shape index (κ1) is 26.4. The van der Waals surface area contributed by atoms with E-state index in [0.717, 1.165) is 0 Å². The average molecular weight is 477 g/mol. The van der Waals surface area contributed by atoms with Crippen molar-refractivity contribution in [3.05, 3.63) is 25.3 Å². The van der Waals surface area contributed by atoms with E-state index in [1.807, 2.05) is 41.5 Å². The van der Waals surface area contributed by atoms with Crippen molar-refractivity contribution < 1.29 is 29.0 Å². The van der Waals surface area contributed by atoms with E-state index >= 15 is 0 Å². The number of nitrogens with zero attached hydrogens (tertiary/aromatic N) is 2. The molecule has 0 aliphatic carbocycles. The molecule has 3 unspecified atom stereocenters. The normalized spacial score (nSPS) is 35.1. The van der Waals surface area contributed by atoms with Crippen molar-refractivity contribution in [1.82, 2.24) is 9.80 Å². The molecule has 34 heavy (non-hydrogen) atoms. The molecule has 0 aromatic heterocycles. The fourth-order valence-electron chi connectivity index (χ4n) is 6.32. The minimum Gasteiger partial charge on any atom is -0.461 e. The van der Waals surface area contributed by atoms with Crippen molar-refractivity contribution in [2.45, 2.75) is 83.2 Å². The van der Waals surface area contributed by atoms with Crippen LogP contribution in [-0.4, -0.2) is 81.3 Å². The zero-order valence-electron chi connectivity index (χ0n) is 21.4. The van der Waals surface area contributed by atoms with Crippen molar-refractivity contribution >= 4 is 17.8 Å². The summed E-state index contributed by atoms with van der Waals surface area (Å²) in [5.41, 5.74) is -2.65. The van der Waals surface area contributed by atoms with Crippen molar-refractivity contribution in [3.8, 4) is 0 Å². The minimum absolute atomic E-state index is 0.0329. The lowest BCUT2D eigenvalue weighted by molar-refractivity contribution is -0.164. The Morgan fingerprint density at radius 3 is 2.50 bits per heavy atom. The summed E-state index contributed by atoms with van der Waals surface area (Å²) in [7, 11) is 0. The Morgan fingerprint density at radius 2 is 2.00 bits per heavy atom. The number of rotatable bonds is 9. The molecule has 2 bridgehead atoms. The Labute approximate surface area is 202 Å². The number of amides is 2. The Balaban J connectivity index is 2.19. The molecule has 3 fully saturated rings. The molecular formula is C26H40N2O6. The van der Waals surface area contributed by atoms with E-state index < -0.39 is 46.6 Å². The molecule has 190 valence electrons. The van der Waals surface area contributed by atoms with Crippen LogP contribution in [0, 0.1) is 17.8 Å². The summed E-state index contributed by atoms with van der Waals surface area (Å²) in [6.45, 7) is 18.9. The molecule has 0 aromatic carbocycles. The number of carbonyl (C=O) groups is 3. The number of fused-ring (bicyclic) bond motifs is 1. The standard InChI is InChI=1S/C26H40N2O6/c1-9-12-27(24(5,6)7)22(31)20-26-14-16(4)25(8,34-26)19(23(32)33-13-10-2)18(26)21(30)28(20)17(11-3)15-29/h9-10,16-20,29H,1-2,11-15H2,3-8H3/t16?,17-,18-,19-,20?,25+,26?/m0/s1. The number of likely N-dealkylation sites (tertiary alicyclic amines) is 1. The van der Waals surface area contributed by atoms with Gasteiger partial charge in [-0.05, 0) is 46.5 Å². The molecule has 8 heteroatoms. The van der Waals surface area contributed by atoms with Crippen molar-refractivity contribution in [2.75, 3.05) is 19.8 Å². The number of aliphatic hydroxyl groups excluding tert-OH is 1. The van der Waals surface area contributed by atoms with E-state index in [1.54, 1.807) is 11.0 Å². The largest absolute Gasteiger partial charge is 0.461 e. The second-order valence-corrected chi connectivity index (χ2v) is 11.0. The molecule has 0 aromatic rings. The number of esters is 1. The maximum absolute atomic E-state index is 14.3. The summed E-state index contributed by atoms with van der Waals surface area (Å²) >= 11 is 0. The highest BCUT2D eigenvalue weighted by Gasteiger charge is 2.80. The maximum Gasteiger partial charge on any atom is 0.313 e. The molecule has 2 amide bonds. The Morgan fingerprint density at radius 1 is 1.35 bits per heavy atom. The minimum atomic E-state index is -1.17. The van der Waals surface area contributed by atoms with Gasteiger partial charge in [0.15, 0.2) is 0 Å². The van der Waals surface area contributed by atoms with Crippen LogP contribution in [0.3, 0.4) is 0 Å². The summed E-state index contributed by atoms with van der Waals surface area (Å²) in [6, 6.07) is -1.52. The average Bonchev–Trinajstić information content (AvgIpc) is 3.27. The summed E-state index contributed by atoms with van der Waals surface area (Å²) in [5, 5.41) is 10.2. The Bertz CT molecular complexity index is 862. The first-order chi connectivity index (χ1) is 15.8. The molecule has 1 N–H and O–H groups in total. The lowest BCUT2D eigenvalue weighted by Gasteiger charge is -2.43. The highest BCUT2D eigenvalue weighted by Crippen LogP contribution is 2.65. The summed E-state index contributed by atoms with van der Waals surface area (Å²) in [4.78, 5) is 44.7. The van der Waals surface area contributed by atoms with Crippen LogP contribution < -0.4 is 0 Å². The molecule has 8 nitrogen and oxygen atoms in total. The van der Waals surface area contributed by atoms with Crippen LogP contribution in [0.5, 0.6) is 0 Å². The van der Waals surface area contributed by atoms with Gasteiger partial charge in [-0.2, -0.15) is 0 Å². The molecule has 1 spiro atoms. The monoisotopic (exact) mass is 476 g/mol. The first-order valence-corrected chi connectivity index (χ1v) is 12.2. The fraction of sp³-hybridized carbons (Fsp3) is 0.731. The zero-order valence-corrected chi connectivity index (χ0v) is 21.4.